The topological polar surface area (TPSA) is 135 Å². The first-order valence-electron chi connectivity index (χ1n) is 8.35. The van der Waals surface area contributed by atoms with Crippen molar-refractivity contribution in [3.05, 3.63) is 53.6 Å². The summed E-state index contributed by atoms with van der Waals surface area (Å²) in [6.07, 6.45) is -1.17. The summed E-state index contributed by atoms with van der Waals surface area (Å²) in [5.41, 5.74) is 0.679. The second-order valence-electron chi connectivity index (χ2n) is 5.80. The van der Waals surface area contributed by atoms with Crippen LogP contribution in [0.1, 0.15) is 22.8 Å². The third-order valence-corrected chi connectivity index (χ3v) is 5.31. The van der Waals surface area contributed by atoms with Gasteiger partial charge in [0, 0.05) is 5.69 Å². The lowest BCUT2D eigenvalue weighted by atomic mass is 10.2. The van der Waals surface area contributed by atoms with Crippen molar-refractivity contribution in [1.29, 1.82) is 5.26 Å². The van der Waals surface area contributed by atoms with Gasteiger partial charge in [-0.3, -0.25) is 4.79 Å². The molecule has 10 heteroatoms. The molecule has 0 unspecified atom stereocenters. The molecule has 29 heavy (non-hydrogen) atoms. The molecule has 152 valence electrons. The molecule has 0 spiro atoms. The van der Waals surface area contributed by atoms with Crippen LogP contribution in [0.15, 0.2) is 47.4 Å². The Labute approximate surface area is 168 Å². The molecule has 2 aromatic rings. The van der Waals surface area contributed by atoms with E-state index in [1.54, 1.807) is 18.2 Å². The van der Waals surface area contributed by atoms with Gasteiger partial charge in [0.25, 0.3) is 5.91 Å². The van der Waals surface area contributed by atoms with Gasteiger partial charge in [-0.1, -0.05) is 6.07 Å². The van der Waals surface area contributed by atoms with Crippen LogP contribution in [0.3, 0.4) is 0 Å². The highest BCUT2D eigenvalue weighted by Crippen LogP contribution is 2.25. The molecule has 0 aromatic heterocycles. The van der Waals surface area contributed by atoms with Crippen LogP contribution >= 0.6 is 0 Å². The molecule has 1 atom stereocenters. The van der Waals surface area contributed by atoms with Gasteiger partial charge < -0.3 is 14.8 Å². The molecule has 1 amide bonds. The number of carbonyl (C=O) groups is 2. The second kappa shape index (κ2) is 9.18. The Balaban J connectivity index is 2.15. The Hall–Kier alpha value is -3.42. The number of nitriles is 1. The van der Waals surface area contributed by atoms with Crippen molar-refractivity contribution in [3.8, 4) is 11.8 Å². The number of methoxy groups -OCH3 is 1. The maximum absolute atomic E-state index is 12.4. The highest BCUT2D eigenvalue weighted by Gasteiger charge is 2.23. The number of hydrogen-bond acceptors (Lipinski definition) is 7. The van der Waals surface area contributed by atoms with Crippen molar-refractivity contribution in [1.82, 2.24) is 4.72 Å². The van der Waals surface area contributed by atoms with Crippen LogP contribution < -0.4 is 14.8 Å². The Bertz CT molecular complexity index is 1080. The predicted molar refractivity (Wildman–Crippen MR) is 104 cm³/mol. The number of hydrogen-bond donors (Lipinski definition) is 2. The van der Waals surface area contributed by atoms with Crippen LogP contribution in [0.5, 0.6) is 5.75 Å². The van der Waals surface area contributed by atoms with Gasteiger partial charge in [-0.2, -0.15) is 5.26 Å². The molecule has 0 saturated heterocycles. The van der Waals surface area contributed by atoms with E-state index >= 15 is 0 Å². The number of ether oxygens (including phenoxy) is 2. The minimum absolute atomic E-state index is 0.0547. The van der Waals surface area contributed by atoms with Gasteiger partial charge in [-0.05, 0) is 50.4 Å². The number of carbonyl (C=O) groups excluding carboxylic acids is 2. The quantitative estimate of drug-likeness (QED) is 0.654. The Morgan fingerprint density at radius 3 is 2.52 bits per heavy atom. The molecule has 0 aliphatic heterocycles. The van der Waals surface area contributed by atoms with Crippen molar-refractivity contribution >= 4 is 27.6 Å². The van der Waals surface area contributed by atoms with E-state index in [9.17, 15) is 18.0 Å². The number of amides is 1. The predicted octanol–water partition coefficient (Wildman–Crippen LogP) is 1.66. The lowest BCUT2D eigenvalue weighted by molar-refractivity contribution is -0.123. The van der Waals surface area contributed by atoms with Crippen LogP contribution in [-0.4, -0.2) is 40.6 Å². The monoisotopic (exact) mass is 417 g/mol. The summed E-state index contributed by atoms with van der Waals surface area (Å²) in [5.74, 6) is -1.43. The number of rotatable bonds is 7. The van der Waals surface area contributed by atoms with Gasteiger partial charge in [0.2, 0.25) is 10.0 Å². The Morgan fingerprint density at radius 1 is 1.17 bits per heavy atom. The van der Waals surface area contributed by atoms with E-state index < -0.39 is 28.0 Å². The molecule has 0 bridgehead atoms. The van der Waals surface area contributed by atoms with E-state index in [4.69, 9.17) is 14.7 Å². The summed E-state index contributed by atoms with van der Waals surface area (Å²) in [7, 11) is -1.35. The molecule has 0 aliphatic rings. The molecule has 0 heterocycles. The minimum atomic E-state index is -3.88. The zero-order valence-corrected chi connectivity index (χ0v) is 16.7. The molecule has 0 aliphatic carbocycles. The van der Waals surface area contributed by atoms with E-state index in [2.05, 4.69) is 10.0 Å². The summed E-state index contributed by atoms with van der Waals surface area (Å²) in [5, 5.41) is 11.4. The molecule has 2 N–H and O–H groups in total. The SMILES string of the molecule is CNS(=O)(=O)c1cc(C(=O)O[C@@H](C)C(=O)Nc2cccc(C#N)c2)ccc1OC. The third kappa shape index (κ3) is 5.31. The van der Waals surface area contributed by atoms with E-state index in [0.717, 1.165) is 6.07 Å². The van der Waals surface area contributed by atoms with E-state index in [0.29, 0.717) is 11.3 Å². The normalized spacial score (nSPS) is 11.8. The molecule has 2 aromatic carbocycles. The maximum atomic E-state index is 12.4. The summed E-state index contributed by atoms with van der Waals surface area (Å²) < 4.78 is 36.5. The number of benzene rings is 2. The summed E-state index contributed by atoms with van der Waals surface area (Å²) >= 11 is 0. The van der Waals surface area contributed by atoms with Crippen molar-refractivity contribution in [2.24, 2.45) is 0 Å². The lowest BCUT2D eigenvalue weighted by Crippen LogP contribution is -2.30. The fourth-order valence-electron chi connectivity index (χ4n) is 2.32. The van der Waals surface area contributed by atoms with Gasteiger partial charge in [0.1, 0.15) is 10.6 Å². The van der Waals surface area contributed by atoms with Gasteiger partial charge in [0.15, 0.2) is 6.10 Å². The minimum Gasteiger partial charge on any atom is -0.495 e. The molecular formula is C19H19N3O6S. The molecule has 0 saturated carbocycles. The first kappa shape index (κ1) is 21.9. The van der Waals surface area contributed by atoms with Gasteiger partial charge in [0.05, 0.1) is 24.3 Å². The number of esters is 1. The van der Waals surface area contributed by atoms with Crippen molar-refractivity contribution in [3.63, 3.8) is 0 Å². The zero-order chi connectivity index (χ0) is 21.6. The largest absolute Gasteiger partial charge is 0.495 e. The smallest absolute Gasteiger partial charge is 0.338 e. The lowest BCUT2D eigenvalue weighted by Gasteiger charge is -2.15. The van der Waals surface area contributed by atoms with Gasteiger partial charge in [-0.25, -0.2) is 17.9 Å². The molecule has 0 radical (unpaired) electrons. The maximum Gasteiger partial charge on any atom is 0.338 e. The van der Waals surface area contributed by atoms with Crippen molar-refractivity contribution in [2.45, 2.75) is 17.9 Å². The van der Waals surface area contributed by atoms with Crippen LogP contribution in [0.4, 0.5) is 5.69 Å². The summed E-state index contributed by atoms with van der Waals surface area (Å²) in [4.78, 5) is 24.4. The van der Waals surface area contributed by atoms with Crippen LogP contribution in [0, 0.1) is 11.3 Å². The van der Waals surface area contributed by atoms with Crippen molar-refractivity contribution in [2.75, 3.05) is 19.5 Å². The fourth-order valence-corrected chi connectivity index (χ4v) is 3.23. The summed E-state index contributed by atoms with van der Waals surface area (Å²) in [6, 6.07) is 12.0. The number of nitrogens with zero attached hydrogens (tertiary/aromatic N) is 1. The Kier molecular flexibility index (Phi) is 6.93. The number of anilines is 1. The second-order valence-corrected chi connectivity index (χ2v) is 7.66. The Morgan fingerprint density at radius 2 is 1.90 bits per heavy atom. The molecular weight excluding hydrogens is 398 g/mol. The van der Waals surface area contributed by atoms with Crippen LogP contribution in [-0.2, 0) is 19.6 Å². The zero-order valence-electron chi connectivity index (χ0n) is 15.9. The standard InChI is InChI=1S/C19H19N3O6S/c1-12(18(23)22-15-6-4-5-13(9-15)11-20)28-19(24)14-7-8-16(27-3)17(10-14)29(25,26)21-2/h4-10,12,21H,1-3H3,(H,22,23)/t12-/m0/s1. The molecule has 0 fully saturated rings. The fraction of sp³-hybridized carbons (Fsp3) is 0.211. The molecule has 2 rings (SSSR count). The van der Waals surface area contributed by atoms with Gasteiger partial charge in [-0.15, -0.1) is 0 Å². The first-order chi connectivity index (χ1) is 13.7. The highest BCUT2D eigenvalue weighted by atomic mass is 32.2. The van der Waals surface area contributed by atoms with Crippen LogP contribution in [0.25, 0.3) is 0 Å². The summed E-state index contributed by atoms with van der Waals surface area (Å²) in [6.45, 7) is 1.37. The number of sulfonamides is 1. The van der Waals surface area contributed by atoms with Crippen LogP contribution in [0.2, 0.25) is 0 Å². The van der Waals surface area contributed by atoms with Gasteiger partial charge >= 0.3 is 5.97 Å². The van der Waals surface area contributed by atoms with E-state index in [1.165, 1.54) is 39.3 Å². The number of nitrogens with one attached hydrogen (secondary N) is 2. The van der Waals surface area contributed by atoms with E-state index in [-0.39, 0.29) is 16.2 Å². The average Bonchev–Trinajstić information content (AvgIpc) is 2.73. The van der Waals surface area contributed by atoms with Crippen molar-refractivity contribution < 1.29 is 27.5 Å². The first-order valence-corrected chi connectivity index (χ1v) is 9.83. The highest BCUT2D eigenvalue weighted by molar-refractivity contribution is 7.89. The average molecular weight is 417 g/mol. The molecule has 9 nitrogen and oxygen atoms in total. The van der Waals surface area contributed by atoms with E-state index in [1.807, 2.05) is 6.07 Å². The third-order valence-electron chi connectivity index (χ3n) is 3.87.